The molecule has 152 valence electrons. The van der Waals surface area contributed by atoms with Crippen LogP contribution in [0.2, 0.25) is 0 Å². The molecule has 2 amide bonds. The molecular weight excluding hydrogens is 373 g/mol. The summed E-state index contributed by atoms with van der Waals surface area (Å²) in [6, 6.07) is 12.1. The van der Waals surface area contributed by atoms with E-state index in [4.69, 9.17) is 4.74 Å². The van der Waals surface area contributed by atoms with E-state index in [2.05, 4.69) is 10.2 Å². The lowest BCUT2D eigenvalue weighted by Crippen LogP contribution is -2.36. The summed E-state index contributed by atoms with van der Waals surface area (Å²) in [5.74, 6) is -1.44. The van der Waals surface area contributed by atoms with E-state index in [0.29, 0.717) is 13.2 Å². The molecule has 1 unspecified atom stereocenters. The van der Waals surface area contributed by atoms with Crippen LogP contribution in [0.15, 0.2) is 42.5 Å². The van der Waals surface area contributed by atoms with Crippen LogP contribution in [0, 0.1) is 18.7 Å². The maximum atomic E-state index is 14.0. The van der Waals surface area contributed by atoms with Crippen molar-refractivity contribution >= 4 is 28.9 Å². The number of nitrogens with zero attached hydrogens (tertiary/aromatic N) is 2. The van der Waals surface area contributed by atoms with Crippen molar-refractivity contribution in [1.29, 1.82) is 0 Å². The number of benzene rings is 2. The number of hydrogen-bond acceptors (Lipinski definition) is 4. The van der Waals surface area contributed by atoms with E-state index >= 15 is 0 Å². The lowest BCUT2D eigenvalue weighted by Gasteiger charge is -2.29. The lowest BCUT2D eigenvalue weighted by molar-refractivity contribution is -0.122. The minimum absolute atomic E-state index is 0.0745. The molecule has 6 nitrogen and oxygen atoms in total. The summed E-state index contributed by atoms with van der Waals surface area (Å²) < 4.78 is 19.4. The molecule has 2 aromatic carbocycles. The van der Waals surface area contributed by atoms with Crippen molar-refractivity contribution in [1.82, 2.24) is 0 Å². The zero-order chi connectivity index (χ0) is 20.4. The van der Waals surface area contributed by atoms with Crippen molar-refractivity contribution in [2.24, 2.45) is 5.92 Å². The summed E-state index contributed by atoms with van der Waals surface area (Å²) in [5, 5.41) is 2.93. The van der Waals surface area contributed by atoms with Crippen LogP contribution in [0.4, 0.5) is 21.5 Å². The first-order valence-electron chi connectivity index (χ1n) is 9.82. The predicted molar refractivity (Wildman–Crippen MR) is 110 cm³/mol. The van der Waals surface area contributed by atoms with Crippen molar-refractivity contribution in [2.75, 3.05) is 48.0 Å². The maximum absolute atomic E-state index is 14.0. The Hall–Kier alpha value is -2.93. The molecule has 0 aromatic heterocycles. The van der Waals surface area contributed by atoms with E-state index < -0.39 is 11.7 Å². The third kappa shape index (κ3) is 4.10. The van der Waals surface area contributed by atoms with Gasteiger partial charge in [0.2, 0.25) is 11.8 Å². The zero-order valence-corrected chi connectivity index (χ0v) is 16.4. The lowest BCUT2D eigenvalue weighted by atomic mass is 10.1. The average molecular weight is 397 g/mol. The quantitative estimate of drug-likeness (QED) is 0.862. The van der Waals surface area contributed by atoms with Crippen molar-refractivity contribution in [3.8, 4) is 0 Å². The van der Waals surface area contributed by atoms with Gasteiger partial charge in [-0.05, 0) is 42.8 Å². The van der Waals surface area contributed by atoms with E-state index in [-0.39, 0.29) is 30.5 Å². The van der Waals surface area contributed by atoms with Gasteiger partial charge in [-0.25, -0.2) is 4.39 Å². The smallest absolute Gasteiger partial charge is 0.229 e. The van der Waals surface area contributed by atoms with Gasteiger partial charge in [-0.15, -0.1) is 0 Å². The van der Waals surface area contributed by atoms with Crippen LogP contribution in [-0.4, -0.2) is 44.7 Å². The number of carbonyl (C=O) groups excluding carboxylic acids is 2. The summed E-state index contributed by atoms with van der Waals surface area (Å²) in [5.41, 5.74) is 3.01. The van der Waals surface area contributed by atoms with Gasteiger partial charge in [-0.3, -0.25) is 9.59 Å². The van der Waals surface area contributed by atoms with Gasteiger partial charge in [0.25, 0.3) is 0 Å². The standard InChI is InChI=1S/C22H24FN3O3/c1-15-12-17(25-8-10-29-11-9-25)6-7-19(15)24-22(28)16-13-21(27)26(14-16)20-5-3-2-4-18(20)23/h2-7,12,16H,8-11,13-14H2,1H3,(H,24,28). The minimum Gasteiger partial charge on any atom is -0.378 e. The Morgan fingerprint density at radius 2 is 1.93 bits per heavy atom. The molecule has 29 heavy (non-hydrogen) atoms. The number of nitrogens with one attached hydrogen (secondary N) is 1. The first-order valence-corrected chi connectivity index (χ1v) is 9.82. The average Bonchev–Trinajstić information content (AvgIpc) is 3.12. The number of anilines is 3. The monoisotopic (exact) mass is 397 g/mol. The van der Waals surface area contributed by atoms with Crippen molar-refractivity contribution in [3.05, 3.63) is 53.8 Å². The SMILES string of the molecule is Cc1cc(N2CCOCC2)ccc1NC(=O)C1CC(=O)N(c2ccccc2F)C1. The van der Waals surface area contributed by atoms with Crippen LogP contribution >= 0.6 is 0 Å². The molecule has 2 saturated heterocycles. The molecule has 0 bridgehead atoms. The van der Waals surface area contributed by atoms with Gasteiger partial charge in [0.15, 0.2) is 0 Å². The number of ether oxygens (including phenoxy) is 1. The first kappa shape index (κ1) is 19.4. The van der Waals surface area contributed by atoms with E-state index in [1.807, 2.05) is 25.1 Å². The number of amides is 2. The highest BCUT2D eigenvalue weighted by atomic mass is 19.1. The normalized spacial score (nSPS) is 19.5. The number of hydrogen-bond donors (Lipinski definition) is 1. The molecule has 2 aromatic rings. The molecule has 2 fully saturated rings. The van der Waals surface area contributed by atoms with Gasteiger partial charge in [-0.2, -0.15) is 0 Å². The van der Waals surface area contributed by atoms with Crippen LogP contribution in [-0.2, 0) is 14.3 Å². The fourth-order valence-electron chi connectivity index (χ4n) is 3.83. The molecule has 0 spiro atoms. The highest BCUT2D eigenvalue weighted by Gasteiger charge is 2.36. The highest BCUT2D eigenvalue weighted by Crippen LogP contribution is 2.29. The number of rotatable bonds is 4. The molecule has 0 saturated carbocycles. The third-order valence-corrected chi connectivity index (χ3v) is 5.48. The van der Waals surface area contributed by atoms with Crippen LogP contribution < -0.4 is 15.1 Å². The summed E-state index contributed by atoms with van der Waals surface area (Å²) in [6.45, 7) is 5.25. The number of para-hydroxylation sites is 1. The summed E-state index contributed by atoms with van der Waals surface area (Å²) in [7, 11) is 0. The Bertz CT molecular complexity index is 927. The molecular formula is C22H24FN3O3. The van der Waals surface area contributed by atoms with E-state index in [1.165, 1.54) is 11.0 Å². The Kier molecular flexibility index (Phi) is 5.49. The Morgan fingerprint density at radius 3 is 2.66 bits per heavy atom. The fraction of sp³-hybridized carbons (Fsp3) is 0.364. The van der Waals surface area contributed by atoms with Gasteiger partial charge in [0, 0.05) is 37.4 Å². The Labute approximate surface area is 169 Å². The number of halogens is 1. The van der Waals surface area contributed by atoms with Crippen molar-refractivity contribution in [2.45, 2.75) is 13.3 Å². The molecule has 0 aliphatic carbocycles. The maximum Gasteiger partial charge on any atom is 0.229 e. The third-order valence-electron chi connectivity index (χ3n) is 5.48. The molecule has 4 rings (SSSR count). The summed E-state index contributed by atoms with van der Waals surface area (Å²) in [4.78, 5) is 28.7. The van der Waals surface area contributed by atoms with Gasteiger partial charge >= 0.3 is 0 Å². The number of morpholine rings is 1. The van der Waals surface area contributed by atoms with Gasteiger partial charge in [0.1, 0.15) is 5.82 Å². The first-order chi connectivity index (χ1) is 14.0. The van der Waals surface area contributed by atoms with Crippen LogP contribution in [0.5, 0.6) is 0 Å². The highest BCUT2D eigenvalue weighted by molar-refractivity contribution is 6.03. The second-order valence-electron chi connectivity index (χ2n) is 7.44. The molecule has 2 heterocycles. The molecule has 1 N–H and O–H groups in total. The van der Waals surface area contributed by atoms with Crippen molar-refractivity contribution < 1.29 is 18.7 Å². The van der Waals surface area contributed by atoms with Crippen LogP contribution in [0.3, 0.4) is 0 Å². The zero-order valence-electron chi connectivity index (χ0n) is 16.4. The summed E-state index contributed by atoms with van der Waals surface area (Å²) >= 11 is 0. The van der Waals surface area contributed by atoms with E-state index in [9.17, 15) is 14.0 Å². The molecule has 1 atom stereocenters. The second kappa shape index (κ2) is 8.21. The molecule has 2 aliphatic heterocycles. The predicted octanol–water partition coefficient (Wildman–Crippen LogP) is 2.96. The van der Waals surface area contributed by atoms with E-state index in [0.717, 1.165) is 30.0 Å². The second-order valence-corrected chi connectivity index (χ2v) is 7.44. The minimum atomic E-state index is -0.513. The fourth-order valence-corrected chi connectivity index (χ4v) is 3.83. The van der Waals surface area contributed by atoms with Crippen LogP contribution in [0.25, 0.3) is 0 Å². The van der Waals surface area contributed by atoms with E-state index in [1.54, 1.807) is 18.2 Å². The van der Waals surface area contributed by atoms with Gasteiger partial charge in [0.05, 0.1) is 24.8 Å². The van der Waals surface area contributed by atoms with Crippen molar-refractivity contribution in [3.63, 3.8) is 0 Å². The topological polar surface area (TPSA) is 61.9 Å². The molecule has 2 aliphatic rings. The largest absolute Gasteiger partial charge is 0.378 e. The molecule has 0 radical (unpaired) electrons. The number of carbonyl (C=O) groups is 2. The summed E-state index contributed by atoms with van der Waals surface area (Å²) in [6.07, 6.45) is 0.0745. The number of aryl methyl sites for hydroxylation is 1. The Morgan fingerprint density at radius 1 is 1.17 bits per heavy atom. The van der Waals surface area contributed by atoms with Gasteiger partial charge in [-0.1, -0.05) is 12.1 Å². The van der Waals surface area contributed by atoms with Gasteiger partial charge < -0.3 is 19.9 Å². The molecule has 7 heteroatoms. The Balaban J connectivity index is 1.43. The van der Waals surface area contributed by atoms with Crippen LogP contribution in [0.1, 0.15) is 12.0 Å².